The van der Waals surface area contributed by atoms with Crippen LogP contribution in [0.4, 0.5) is 0 Å². The summed E-state index contributed by atoms with van der Waals surface area (Å²) < 4.78 is 38.7. The number of sulfonamides is 1. The highest BCUT2D eigenvalue weighted by Crippen LogP contribution is 2.20. The number of aliphatic hydroxyl groups is 1. The predicted molar refractivity (Wildman–Crippen MR) is 113 cm³/mol. The third-order valence-electron chi connectivity index (χ3n) is 4.73. The highest BCUT2D eigenvalue weighted by atomic mass is 32.2. The summed E-state index contributed by atoms with van der Waals surface area (Å²) in [5.74, 6) is 0.188. The summed E-state index contributed by atoms with van der Waals surface area (Å²) in [4.78, 5) is 16.2. The Bertz CT molecular complexity index is 1010. The van der Waals surface area contributed by atoms with Crippen molar-refractivity contribution in [2.75, 3.05) is 13.7 Å². The number of amides is 1. The minimum atomic E-state index is -3.87. The van der Waals surface area contributed by atoms with Gasteiger partial charge in [0.05, 0.1) is 37.2 Å². The molecule has 0 fully saturated rings. The molecule has 31 heavy (non-hydrogen) atoms. The maximum atomic E-state index is 12.7. The summed E-state index contributed by atoms with van der Waals surface area (Å²) in [7, 11) is -2.42. The first-order chi connectivity index (χ1) is 14.9. The van der Waals surface area contributed by atoms with Crippen LogP contribution in [-0.4, -0.2) is 56.4 Å². The normalized spacial score (nSPS) is 20.9. The first kappa shape index (κ1) is 22.9. The lowest BCUT2D eigenvalue weighted by atomic mass is 10.1. The van der Waals surface area contributed by atoms with Crippen molar-refractivity contribution in [3.63, 3.8) is 0 Å². The number of pyridine rings is 1. The van der Waals surface area contributed by atoms with E-state index in [1.165, 1.54) is 19.2 Å². The highest BCUT2D eigenvalue weighted by Gasteiger charge is 2.31. The zero-order valence-electron chi connectivity index (χ0n) is 17.0. The van der Waals surface area contributed by atoms with Crippen molar-refractivity contribution < 1.29 is 27.8 Å². The molecule has 3 N–H and O–H groups in total. The van der Waals surface area contributed by atoms with Crippen molar-refractivity contribution in [2.45, 2.75) is 36.1 Å². The molecule has 166 valence electrons. The molecule has 3 atom stereocenters. The molecule has 1 amide bonds. The first-order valence-corrected chi connectivity index (χ1v) is 11.2. The van der Waals surface area contributed by atoms with Crippen LogP contribution in [0, 0.1) is 0 Å². The number of rotatable bonds is 9. The predicted octanol–water partition coefficient (Wildman–Crippen LogP) is 0.759. The standard InChI is InChI=1S/C21H25N3O6S/c1-29-16-3-2-4-18(11-16)31(27,28)24-19-6-5-17(30-20(19)14-25)12-21(26)23-13-15-7-9-22-10-8-15/h2-11,17,19-20,24-25H,12-14H2,1H3,(H,23,26)/t17-,19-,20-/m1/s1. The number of nitrogens with one attached hydrogen (secondary N) is 2. The van der Waals surface area contributed by atoms with Gasteiger partial charge in [-0.05, 0) is 29.8 Å². The molecule has 0 bridgehead atoms. The molecule has 1 aromatic heterocycles. The van der Waals surface area contributed by atoms with Crippen molar-refractivity contribution >= 4 is 15.9 Å². The summed E-state index contributed by atoms with van der Waals surface area (Å²) in [5, 5.41) is 12.5. The van der Waals surface area contributed by atoms with Gasteiger partial charge in [-0.2, -0.15) is 0 Å². The second-order valence-corrected chi connectivity index (χ2v) is 8.66. The second kappa shape index (κ2) is 10.5. The number of nitrogens with zero attached hydrogens (tertiary/aromatic N) is 1. The molecule has 0 radical (unpaired) electrons. The van der Waals surface area contributed by atoms with Gasteiger partial charge in [0, 0.05) is 25.0 Å². The van der Waals surface area contributed by atoms with Gasteiger partial charge in [0.25, 0.3) is 0 Å². The largest absolute Gasteiger partial charge is 0.497 e. The van der Waals surface area contributed by atoms with Crippen LogP contribution in [0.2, 0.25) is 0 Å². The number of ether oxygens (including phenoxy) is 2. The van der Waals surface area contributed by atoms with Gasteiger partial charge in [-0.3, -0.25) is 9.78 Å². The van der Waals surface area contributed by atoms with E-state index < -0.39 is 34.9 Å². The third-order valence-corrected chi connectivity index (χ3v) is 6.19. The summed E-state index contributed by atoms with van der Waals surface area (Å²) in [5.41, 5.74) is 0.920. The van der Waals surface area contributed by atoms with E-state index in [1.54, 1.807) is 48.8 Å². The van der Waals surface area contributed by atoms with Gasteiger partial charge in [-0.1, -0.05) is 18.2 Å². The van der Waals surface area contributed by atoms with Gasteiger partial charge in [0.15, 0.2) is 0 Å². The SMILES string of the molecule is COc1cccc(S(=O)(=O)N[C@@H]2C=C[C@H](CC(=O)NCc3ccncc3)O[C@@H]2CO)c1. The molecule has 9 nitrogen and oxygen atoms in total. The molecule has 3 rings (SSSR count). The molecule has 0 saturated heterocycles. The van der Waals surface area contributed by atoms with Gasteiger partial charge in [-0.25, -0.2) is 13.1 Å². The molecular weight excluding hydrogens is 422 g/mol. The molecule has 1 aromatic carbocycles. The number of aliphatic hydroxyl groups excluding tert-OH is 1. The van der Waals surface area contributed by atoms with Crippen molar-refractivity contribution in [2.24, 2.45) is 0 Å². The number of carbonyl (C=O) groups is 1. The second-order valence-electron chi connectivity index (χ2n) is 6.94. The van der Waals surface area contributed by atoms with E-state index in [2.05, 4.69) is 15.0 Å². The fourth-order valence-electron chi connectivity index (χ4n) is 3.08. The Hall–Kier alpha value is -2.79. The van der Waals surface area contributed by atoms with Gasteiger partial charge in [0.2, 0.25) is 15.9 Å². The molecule has 10 heteroatoms. The number of methoxy groups -OCH3 is 1. The van der Waals surface area contributed by atoms with E-state index in [-0.39, 0.29) is 17.2 Å². The zero-order chi connectivity index (χ0) is 22.3. The van der Waals surface area contributed by atoms with Crippen LogP contribution in [0.5, 0.6) is 5.75 Å². The van der Waals surface area contributed by atoms with Crippen LogP contribution < -0.4 is 14.8 Å². The molecule has 0 spiro atoms. The van der Waals surface area contributed by atoms with E-state index in [1.807, 2.05) is 0 Å². The van der Waals surface area contributed by atoms with Crippen LogP contribution in [0.3, 0.4) is 0 Å². The van der Waals surface area contributed by atoms with E-state index in [0.29, 0.717) is 12.3 Å². The summed E-state index contributed by atoms with van der Waals surface area (Å²) in [6.07, 6.45) is 5.16. The summed E-state index contributed by atoms with van der Waals surface area (Å²) in [6.45, 7) is -0.0467. The zero-order valence-corrected chi connectivity index (χ0v) is 17.8. The Morgan fingerprint density at radius 1 is 1.23 bits per heavy atom. The molecule has 1 aliphatic heterocycles. The topological polar surface area (TPSA) is 127 Å². The Labute approximate surface area is 181 Å². The van der Waals surface area contributed by atoms with Crippen LogP contribution in [0.1, 0.15) is 12.0 Å². The van der Waals surface area contributed by atoms with E-state index in [0.717, 1.165) is 5.56 Å². The molecule has 0 aliphatic carbocycles. The average Bonchev–Trinajstić information content (AvgIpc) is 2.79. The monoisotopic (exact) mass is 447 g/mol. The molecule has 0 saturated carbocycles. The van der Waals surface area contributed by atoms with Gasteiger partial charge in [-0.15, -0.1) is 0 Å². The van der Waals surface area contributed by atoms with Crippen molar-refractivity contribution in [3.8, 4) is 5.75 Å². The van der Waals surface area contributed by atoms with Crippen LogP contribution >= 0.6 is 0 Å². The number of benzene rings is 1. The Balaban J connectivity index is 1.60. The van der Waals surface area contributed by atoms with Crippen molar-refractivity contribution in [3.05, 3.63) is 66.5 Å². The van der Waals surface area contributed by atoms with Crippen molar-refractivity contribution in [1.82, 2.24) is 15.0 Å². The molecule has 1 aliphatic rings. The van der Waals surface area contributed by atoms with E-state index >= 15 is 0 Å². The van der Waals surface area contributed by atoms with Crippen LogP contribution in [0.15, 0.2) is 65.8 Å². The lowest BCUT2D eigenvalue weighted by molar-refractivity contribution is -0.125. The molecular formula is C21H25N3O6S. The fourth-order valence-corrected chi connectivity index (χ4v) is 4.34. The minimum absolute atomic E-state index is 0.0366. The number of aromatic nitrogens is 1. The Morgan fingerprint density at radius 3 is 2.71 bits per heavy atom. The lowest BCUT2D eigenvalue weighted by Crippen LogP contribution is -2.49. The smallest absolute Gasteiger partial charge is 0.241 e. The third kappa shape index (κ3) is 6.34. The van der Waals surface area contributed by atoms with E-state index in [4.69, 9.17) is 9.47 Å². The first-order valence-electron chi connectivity index (χ1n) is 9.68. The van der Waals surface area contributed by atoms with Gasteiger partial charge >= 0.3 is 0 Å². The molecule has 2 heterocycles. The Kier molecular flexibility index (Phi) is 7.75. The number of carbonyl (C=O) groups excluding carboxylic acids is 1. The minimum Gasteiger partial charge on any atom is -0.497 e. The highest BCUT2D eigenvalue weighted by molar-refractivity contribution is 7.89. The summed E-state index contributed by atoms with van der Waals surface area (Å²) in [6, 6.07) is 8.89. The maximum absolute atomic E-state index is 12.7. The lowest BCUT2D eigenvalue weighted by Gasteiger charge is -2.31. The fraction of sp³-hybridized carbons (Fsp3) is 0.333. The van der Waals surface area contributed by atoms with Crippen LogP contribution in [-0.2, 0) is 26.1 Å². The Morgan fingerprint density at radius 2 is 2.00 bits per heavy atom. The van der Waals surface area contributed by atoms with Crippen molar-refractivity contribution in [1.29, 1.82) is 0 Å². The average molecular weight is 448 g/mol. The maximum Gasteiger partial charge on any atom is 0.241 e. The van der Waals surface area contributed by atoms with E-state index in [9.17, 15) is 18.3 Å². The quantitative estimate of drug-likeness (QED) is 0.484. The molecule has 2 aromatic rings. The number of hydrogen-bond donors (Lipinski definition) is 3. The summed E-state index contributed by atoms with van der Waals surface area (Å²) >= 11 is 0. The number of hydrogen-bond acceptors (Lipinski definition) is 7. The van der Waals surface area contributed by atoms with Gasteiger partial charge < -0.3 is 19.9 Å². The molecule has 0 unspecified atom stereocenters. The van der Waals surface area contributed by atoms with Crippen LogP contribution in [0.25, 0.3) is 0 Å². The van der Waals surface area contributed by atoms with Gasteiger partial charge in [0.1, 0.15) is 11.9 Å².